The summed E-state index contributed by atoms with van der Waals surface area (Å²) in [5.74, 6) is -0.264. The fourth-order valence-electron chi connectivity index (χ4n) is 7.62. The number of hydrogen-bond acceptors (Lipinski definition) is 7. The number of hydrogen-bond donors (Lipinski definition) is 3. The van der Waals surface area contributed by atoms with Gasteiger partial charge in [0.2, 0.25) is 0 Å². The molecular formula is C37H68O7. The van der Waals surface area contributed by atoms with Crippen molar-refractivity contribution in [2.24, 2.45) is 5.92 Å². The SMILES string of the molecule is CCCCCCCCCC[C@H](O)[C@H]1CC[C@H]([C@H]2CC[C@H]([C@H](O)CCCCCCCCCC[C@@H](O)CC3C[C@H](C)OC3=O)O2)O1. The molecule has 0 spiro atoms. The van der Waals surface area contributed by atoms with E-state index in [1.165, 1.54) is 70.6 Å². The van der Waals surface area contributed by atoms with E-state index >= 15 is 0 Å². The van der Waals surface area contributed by atoms with Gasteiger partial charge in [0.25, 0.3) is 0 Å². The van der Waals surface area contributed by atoms with E-state index in [9.17, 15) is 20.1 Å². The first kappa shape index (κ1) is 37.7. The van der Waals surface area contributed by atoms with Crippen LogP contribution in [0.2, 0.25) is 0 Å². The first-order chi connectivity index (χ1) is 21.4. The van der Waals surface area contributed by atoms with Crippen LogP contribution in [-0.4, -0.2) is 70.1 Å². The molecule has 44 heavy (non-hydrogen) atoms. The van der Waals surface area contributed by atoms with E-state index < -0.39 is 12.2 Å². The molecule has 0 bridgehead atoms. The summed E-state index contributed by atoms with van der Waals surface area (Å²) in [5, 5.41) is 31.7. The number of esters is 1. The van der Waals surface area contributed by atoms with Crippen molar-refractivity contribution in [1.29, 1.82) is 0 Å². The lowest BCUT2D eigenvalue weighted by molar-refractivity contribution is -0.144. The standard InChI is InChI=1S/C37H68O7/c1-3-4-5-6-7-11-14-17-20-31(39)33-22-24-35(43-33)36-25-23-34(44-36)32(40)21-18-15-12-9-8-10-13-16-19-30(38)27-29-26-28(2)42-37(29)41/h28-36,38-40H,3-27H2,1-2H3/t28-,29?,30+,31-,32+,33+,34+,35+,36+/m0/s1. The molecule has 0 amide bonds. The molecule has 0 radical (unpaired) electrons. The van der Waals surface area contributed by atoms with Crippen molar-refractivity contribution in [2.75, 3.05) is 0 Å². The molecular weight excluding hydrogens is 556 g/mol. The van der Waals surface area contributed by atoms with E-state index in [-0.39, 0.29) is 48.5 Å². The largest absolute Gasteiger partial charge is 0.462 e. The number of carbonyl (C=O) groups excluding carboxylic acids is 1. The molecule has 7 nitrogen and oxygen atoms in total. The Labute approximate surface area is 269 Å². The van der Waals surface area contributed by atoms with Crippen LogP contribution in [0, 0.1) is 5.92 Å². The van der Waals surface area contributed by atoms with Crippen LogP contribution >= 0.6 is 0 Å². The van der Waals surface area contributed by atoms with E-state index in [0.717, 1.165) is 83.5 Å². The van der Waals surface area contributed by atoms with Gasteiger partial charge in [0, 0.05) is 0 Å². The Bertz CT molecular complexity index is 747. The minimum absolute atomic E-state index is 0.00751. The van der Waals surface area contributed by atoms with E-state index in [1.807, 2.05) is 6.92 Å². The average molecular weight is 625 g/mol. The number of aliphatic hydroxyl groups is 3. The highest BCUT2D eigenvalue weighted by atomic mass is 16.6. The maximum absolute atomic E-state index is 11.7. The zero-order chi connectivity index (χ0) is 31.6. The molecule has 3 fully saturated rings. The maximum atomic E-state index is 11.7. The fourth-order valence-corrected chi connectivity index (χ4v) is 7.62. The van der Waals surface area contributed by atoms with Crippen LogP contribution in [0.25, 0.3) is 0 Å². The predicted octanol–water partition coefficient (Wildman–Crippen LogP) is 7.94. The van der Waals surface area contributed by atoms with E-state index in [1.54, 1.807) is 0 Å². The summed E-state index contributed by atoms with van der Waals surface area (Å²) in [6.45, 7) is 4.17. The summed E-state index contributed by atoms with van der Waals surface area (Å²) in [4.78, 5) is 11.7. The second kappa shape index (κ2) is 22.0. The summed E-state index contributed by atoms with van der Waals surface area (Å²) >= 11 is 0. The van der Waals surface area contributed by atoms with Gasteiger partial charge in [-0.3, -0.25) is 4.79 Å². The molecule has 7 heteroatoms. The zero-order valence-electron chi connectivity index (χ0n) is 28.3. The maximum Gasteiger partial charge on any atom is 0.309 e. The first-order valence-corrected chi connectivity index (χ1v) is 18.9. The number of aliphatic hydroxyl groups excluding tert-OH is 3. The van der Waals surface area contributed by atoms with Crippen LogP contribution in [0.4, 0.5) is 0 Å². The Morgan fingerprint density at radius 1 is 0.636 bits per heavy atom. The van der Waals surface area contributed by atoms with Gasteiger partial charge in [-0.15, -0.1) is 0 Å². The van der Waals surface area contributed by atoms with Gasteiger partial charge in [0.05, 0.1) is 54.7 Å². The van der Waals surface area contributed by atoms with Crippen molar-refractivity contribution in [3.63, 3.8) is 0 Å². The highest BCUT2D eigenvalue weighted by molar-refractivity contribution is 5.74. The molecule has 3 aliphatic rings. The van der Waals surface area contributed by atoms with Gasteiger partial charge in [0.15, 0.2) is 0 Å². The van der Waals surface area contributed by atoms with E-state index in [0.29, 0.717) is 6.42 Å². The highest BCUT2D eigenvalue weighted by Crippen LogP contribution is 2.35. The van der Waals surface area contributed by atoms with Gasteiger partial charge in [-0.1, -0.05) is 110 Å². The Balaban J connectivity index is 1.12. The average Bonchev–Trinajstić information content (AvgIpc) is 3.75. The van der Waals surface area contributed by atoms with Gasteiger partial charge in [-0.25, -0.2) is 0 Å². The van der Waals surface area contributed by atoms with Crippen LogP contribution in [0.3, 0.4) is 0 Å². The van der Waals surface area contributed by atoms with Crippen molar-refractivity contribution in [3.8, 4) is 0 Å². The third kappa shape index (κ3) is 14.4. The second-order valence-electron chi connectivity index (χ2n) is 14.5. The fraction of sp³-hybridized carbons (Fsp3) is 0.973. The van der Waals surface area contributed by atoms with Gasteiger partial charge in [-0.05, 0) is 64.7 Å². The summed E-state index contributed by atoms with van der Waals surface area (Å²) < 4.78 is 17.8. The first-order valence-electron chi connectivity index (χ1n) is 18.9. The van der Waals surface area contributed by atoms with Crippen molar-refractivity contribution in [3.05, 3.63) is 0 Å². The number of unbranched alkanes of at least 4 members (excludes halogenated alkanes) is 14. The molecule has 9 atom stereocenters. The van der Waals surface area contributed by atoms with Crippen LogP contribution in [0.5, 0.6) is 0 Å². The van der Waals surface area contributed by atoms with Crippen molar-refractivity contribution in [2.45, 2.75) is 223 Å². The zero-order valence-corrected chi connectivity index (χ0v) is 28.3. The topological polar surface area (TPSA) is 105 Å². The third-order valence-corrected chi connectivity index (χ3v) is 10.4. The van der Waals surface area contributed by atoms with Crippen molar-refractivity contribution < 1.29 is 34.3 Å². The minimum atomic E-state index is -0.398. The number of rotatable bonds is 25. The molecule has 0 saturated carbocycles. The molecule has 0 aromatic rings. The monoisotopic (exact) mass is 624 g/mol. The molecule has 3 heterocycles. The van der Waals surface area contributed by atoms with Crippen molar-refractivity contribution in [1.82, 2.24) is 0 Å². The lowest BCUT2D eigenvalue weighted by Gasteiger charge is -2.24. The summed E-state index contributed by atoms with van der Waals surface area (Å²) in [6.07, 6.45) is 25.6. The van der Waals surface area contributed by atoms with Gasteiger partial charge in [0.1, 0.15) is 0 Å². The highest BCUT2D eigenvalue weighted by Gasteiger charge is 2.40. The van der Waals surface area contributed by atoms with E-state index in [2.05, 4.69) is 6.92 Å². The molecule has 3 aliphatic heterocycles. The molecule has 258 valence electrons. The van der Waals surface area contributed by atoms with Gasteiger partial charge in [-0.2, -0.15) is 0 Å². The third-order valence-electron chi connectivity index (χ3n) is 10.4. The summed E-state index contributed by atoms with van der Waals surface area (Å²) in [5.41, 5.74) is 0. The van der Waals surface area contributed by atoms with Crippen LogP contribution in [0.15, 0.2) is 0 Å². The Morgan fingerprint density at radius 2 is 1.07 bits per heavy atom. The summed E-state index contributed by atoms with van der Waals surface area (Å²) in [6, 6.07) is 0. The molecule has 3 N–H and O–H groups in total. The Morgan fingerprint density at radius 3 is 1.50 bits per heavy atom. The molecule has 3 rings (SSSR count). The number of ether oxygens (including phenoxy) is 3. The normalized spacial score (nSPS) is 29.2. The Hall–Kier alpha value is -0.730. The molecule has 0 aromatic carbocycles. The molecule has 0 aliphatic carbocycles. The van der Waals surface area contributed by atoms with Crippen LogP contribution < -0.4 is 0 Å². The van der Waals surface area contributed by atoms with E-state index in [4.69, 9.17) is 14.2 Å². The minimum Gasteiger partial charge on any atom is -0.462 e. The lowest BCUT2D eigenvalue weighted by Crippen LogP contribution is -2.33. The smallest absolute Gasteiger partial charge is 0.309 e. The molecule has 0 aromatic heterocycles. The van der Waals surface area contributed by atoms with Gasteiger partial charge >= 0.3 is 5.97 Å². The van der Waals surface area contributed by atoms with Crippen LogP contribution in [-0.2, 0) is 19.0 Å². The second-order valence-corrected chi connectivity index (χ2v) is 14.5. The Kier molecular flexibility index (Phi) is 18.8. The molecule has 1 unspecified atom stereocenters. The molecule has 3 saturated heterocycles. The predicted molar refractivity (Wildman–Crippen MR) is 175 cm³/mol. The lowest BCUT2D eigenvalue weighted by atomic mass is 9.95. The number of cyclic esters (lactones) is 1. The number of carbonyl (C=O) groups is 1. The van der Waals surface area contributed by atoms with Crippen molar-refractivity contribution >= 4 is 5.97 Å². The summed E-state index contributed by atoms with van der Waals surface area (Å²) in [7, 11) is 0. The van der Waals surface area contributed by atoms with Gasteiger partial charge < -0.3 is 29.5 Å². The van der Waals surface area contributed by atoms with Crippen LogP contribution in [0.1, 0.15) is 174 Å². The quantitative estimate of drug-likeness (QED) is 0.0699.